The standard InChI is InChI=1S/C35H31IN4/c1-21-4-6-23(7-5-21)34-30-14-12-25(37-30)18-32-29(22-8-10-24(36)11-9-22)17-27(39-32)16-28-20-35(2,3)33(40-28)19-26-13-15-31(34)38-26/h4-12,14-20,26,38-40H,13H2,1-3H3. The number of aliphatic imine (C=N–C) groups is 1. The molecule has 4 aliphatic heterocycles. The molecular weight excluding hydrogens is 603 g/mol. The Morgan fingerprint density at radius 1 is 0.950 bits per heavy atom. The molecule has 0 fully saturated rings. The Labute approximate surface area is 248 Å². The van der Waals surface area contributed by atoms with E-state index in [1.165, 1.54) is 26.0 Å². The Bertz CT molecular complexity index is 1840. The third kappa shape index (κ3) is 4.73. The van der Waals surface area contributed by atoms with Crippen LogP contribution in [0, 0.1) is 15.9 Å². The number of benzene rings is 2. The summed E-state index contributed by atoms with van der Waals surface area (Å²) in [4.78, 5) is 8.82. The molecule has 3 aromatic rings. The van der Waals surface area contributed by atoms with E-state index in [1.807, 2.05) is 0 Å². The number of aromatic nitrogens is 1. The SMILES string of the molecule is Cc1ccc(C2=C3C=CC(=N3)C=c3[nH]c(cc3-c3ccc(I)cc3)=CC3=CC(C)(C)C(=CC4CC=C2N4)N3)cc1. The highest BCUT2D eigenvalue weighted by Crippen LogP contribution is 2.36. The van der Waals surface area contributed by atoms with Crippen molar-refractivity contribution in [1.29, 1.82) is 0 Å². The van der Waals surface area contributed by atoms with Crippen molar-refractivity contribution in [2.24, 2.45) is 10.4 Å². The first-order valence-electron chi connectivity index (χ1n) is 13.8. The third-order valence-corrected chi connectivity index (χ3v) is 8.65. The fourth-order valence-corrected chi connectivity index (χ4v) is 6.19. The van der Waals surface area contributed by atoms with Gasteiger partial charge in [-0.25, -0.2) is 4.99 Å². The van der Waals surface area contributed by atoms with Crippen LogP contribution in [0.3, 0.4) is 0 Å². The van der Waals surface area contributed by atoms with Gasteiger partial charge in [0.25, 0.3) is 0 Å². The van der Waals surface area contributed by atoms with Crippen molar-refractivity contribution in [1.82, 2.24) is 15.6 Å². The monoisotopic (exact) mass is 634 g/mol. The lowest BCUT2D eigenvalue weighted by molar-refractivity contribution is 0.567. The summed E-state index contributed by atoms with van der Waals surface area (Å²) < 4.78 is 1.22. The van der Waals surface area contributed by atoms with Crippen molar-refractivity contribution in [3.05, 3.63) is 133 Å². The van der Waals surface area contributed by atoms with Crippen LogP contribution in [0.2, 0.25) is 0 Å². The van der Waals surface area contributed by atoms with Gasteiger partial charge >= 0.3 is 0 Å². The molecule has 0 saturated carbocycles. The van der Waals surface area contributed by atoms with Gasteiger partial charge in [0, 0.05) is 54.0 Å². The molecule has 3 N–H and O–H groups in total. The van der Waals surface area contributed by atoms with E-state index in [0.717, 1.165) is 51.1 Å². The Kier molecular flexibility index (Phi) is 6.08. The maximum Gasteiger partial charge on any atom is 0.0736 e. The number of aromatic amines is 1. The largest absolute Gasteiger partial charge is 0.378 e. The van der Waals surface area contributed by atoms with E-state index in [0.29, 0.717) is 0 Å². The Hall–Kier alpha value is -3.84. The van der Waals surface area contributed by atoms with Crippen LogP contribution in [-0.2, 0) is 0 Å². The molecular formula is C35H31IN4. The first-order chi connectivity index (χ1) is 19.3. The van der Waals surface area contributed by atoms with Gasteiger partial charge in [0.2, 0.25) is 0 Å². The smallest absolute Gasteiger partial charge is 0.0736 e. The second-order valence-electron chi connectivity index (χ2n) is 11.5. The van der Waals surface area contributed by atoms with Gasteiger partial charge in [-0.1, -0.05) is 61.9 Å². The molecule has 1 aromatic heterocycles. The summed E-state index contributed by atoms with van der Waals surface area (Å²) in [6.07, 6.45) is 16.6. The highest BCUT2D eigenvalue weighted by atomic mass is 127. The zero-order valence-corrected chi connectivity index (χ0v) is 25.0. The van der Waals surface area contributed by atoms with Gasteiger partial charge in [-0.05, 0) is 102 Å². The molecule has 0 spiro atoms. The third-order valence-electron chi connectivity index (χ3n) is 7.93. The van der Waals surface area contributed by atoms with E-state index in [4.69, 9.17) is 4.99 Å². The lowest BCUT2D eigenvalue weighted by atomic mass is 9.90. The summed E-state index contributed by atoms with van der Waals surface area (Å²) in [5.41, 5.74) is 11.2. The summed E-state index contributed by atoms with van der Waals surface area (Å²) in [6.45, 7) is 6.67. The normalized spacial score (nSPS) is 20.6. The molecule has 4 nitrogen and oxygen atoms in total. The van der Waals surface area contributed by atoms with E-state index in [1.54, 1.807) is 0 Å². The number of nitrogens with zero attached hydrogens (tertiary/aromatic N) is 1. The van der Waals surface area contributed by atoms with E-state index < -0.39 is 0 Å². The van der Waals surface area contributed by atoms with Gasteiger partial charge in [0.15, 0.2) is 0 Å². The van der Waals surface area contributed by atoms with Crippen LogP contribution in [0.4, 0.5) is 0 Å². The number of H-pyrrole nitrogens is 1. The molecule has 5 heteroatoms. The number of fused-ring (bicyclic) bond motifs is 7. The van der Waals surface area contributed by atoms with E-state index >= 15 is 0 Å². The summed E-state index contributed by atoms with van der Waals surface area (Å²) in [7, 11) is 0. The number of hydrogen-bond donors (Lipinski definition) is 3. The maximum atomic E-state index is 5.14. The second-order valence-corrected chi connectivity index (χ2v) is 12.7. The molecule has 0 saturated heterocycles. The molecule has 2 aromatic carbocycles. The van der Waals surface area contributed by atoms with Gasteiger partial charge in [0.05, 0.1) is 11.4 Å². The zero-order chi connectivity index (χ0) is 27.4. The molecule has 1 unspecified atom stereocenters. The molecule has 1 atom stereocenters. The molecule has 0 amide bonds. The molecule has 0 aliphatic carbocycles. The molecule has 4 aliphatic rings. The van der Waals surface area contributed by atoms with Gasteiger partial charge in [-0.15, -0.1) is 0 Å². The van der Waals surface area contributed by atoms with Crippen molar-refractivity contribution in [3.63, 3.8) is 0 Å². The number of halogens is 1. The van der Waals surface area contributed by atoms with Crippen LogP contribution < -0.4 is 21.3 Å². The number of hydrogen-bond acceptors (Lipinski definition) is 3. The number of aryl methyl sites for hydroxylation is 1. The summed E-state index contributed by atoms with van der Waals surface area (Å²) >= 11 is 2.36. The van der Waals surface area contributed by atoms with Crippen LogP contribution in [-0.4, -0.2) is 16.7 Å². The number of allylic oxidation sites excluding steroid dienone is 5. The van der Waals surface area contributed by atoms with E-state index in [9.17, 15) is 0 Å². The zero-order valence-electron chi connectivity index (χ0n) is 22.8. The molecule has 40 heavy (non-hydrogen) atoms. The molecule has 0 radical (unpaired) electrons. The van der Waals surface area contributed by atoms with E-state index in [2.05, 4.69) is 156 Å². The predicted octanol–water partition coefficient (Wildman–Crippen LogP) is 6.23. The first kappa shape index (κ1) is 25.1. The Morgan fingerprint density at radius 3 is 2.52 bits per heavy atom. The van der Waals surface area contributed by atoms with Crippen molar-refractivity contribution in [3.8, 4) is 11.1 Å². The first-order valence-corrected chi connectivity index (χ1v) is 14.8. The highest BCUT2D eigenvalue weighted by molar-refractivity contribution is 14.1. The quantitative estimate of drug-likeness (QED) is 0.293. The van der Waals surface area contributed by atoms with Crippen molar-refractivity contribution in [2.75, 3.05) is 0 Å². The van der Waals surface area contributed by atoms with Gasteiger partial charge < -0.3 is 15.6 Å². The lowest BCUT2D eigenvalue weighted by Gasteiger charge is -2.21. The Balaban J connectivity index is 1.46. The lowest BCUT2D eigenvalue weighted by Crippen LogP contribution is -2.25. The van der Waals surface area contributed by atoms with E-state index in [-0.39, 0.29) is 11.5 Å². The minimum atomic E-state index is -0.0873. The van der Waals surface area contributed by atoms with Crippen LogP contribution in [0.15, 0.2) is 113 Å². The van der Waals surface area contributed by atoms with Gasteiger partial charge in [-0.2, -0.15) is 0 Å². The average molecular weight is 635 g/mol. The summed E-state index contributed by atoms with van der Waals surface area (Å²) in [6, 6.07) is 19.9. The van der Waals surface area contributed by atoms with Crippen LogP contribution in [0.1, 0.15) is 31.4 Å². The number of rotatable bonds is 2. The molecule has 7 rings (SSSR count). The minimum absolute atomic E-state index is 0.0873. The average Bonchev–Trinajstić information content (AvgIpc) is 3.70. The van der Waals surface area contributed by atoms with Gasteiger partial charge in [-0.3, -0.25) is 0 Å². The fraction of sp³-hybridized carbons (Fsp3) is 0.171. The van der Waals surface area contributed by atoms with Crippen molar-refractivity contribution < 1.29 is 0 Å². The highest BCUT2D eigenvalue weighted by Gasteiger charge is 2.30. The van der Waals surface area contributed by atoms with Gasteiger partial charge in [0.1, 0.15) is 0 Å². The summed E-state index contributed by atoms with van der Waals surface area (Å²) in [5.74, 6) is 0. The molecule has 5 heterocycles. The van der Waals surface area contributed by atoms with Crippen molar-refractivity contribution in [2.45, 2.75) is 33.2 Å². The van der Waals surface area contributed by atoms with Crippen LogP contribution in [0.5, 0.6) is 0 Å². The van der Waals surface area contributed by atoms with Crippen LogP contribution >= 0.6 is 22.6 Å². The molecule has 198 valence electrons. The Morgan fingerprint density at radius 2 is 1.73 bits per heavy atom. The predicted molar refractivity (Wildman–Crippen MR) is 175 cm³/mol. The fourth-order valence-electron chi connectivity index (χ4n) is 5.83. The minimum Gasteiger partial charge on any atom is -0.378 e. The topological polar surface area (TPSA) is 52.2 Å². The van der Waals surface area contributed by atoms with Crippen LogP contribution in [0.25, 0.3) is 28.9 Å². The molecule has 8 bridgehead atoms. The number of nitrogens with one attached hydrogen (secondary N) is 3. The second kappa shape index (κ2) is 9.66. The maximum absolute atomic E-state index is 5.14. The van der Waals surface area contributed by atoms with Crippen molar-refractivity contribution >= 4 is 46.0 Å². The summed E-state index contributed by atoms with van der Waals surface area (Å²) in [5, 5.41) is 9.63.